The van der Waals surface area contributed by atoms with Crippen LogP contribution in [0.15, 0.2) is 0 Å². The average molecular weight is 312 g/mol. The van der Waals surface area contributed by atoms with Gasteiger partial charge in [-0.15, -0.1) is 0 Å². The van der Waals surface area contributed by atoms with Crippen LogP contribution in [0.1, 0.15) is 53.4 Å². The minimum absolute atomic E-state index is 0.150. The largest absolute Gasteiger partial charge is 0.376 e. The monoisotopic (exact) mass is 312 g/mol. The van der Waals surface area contributed by atoms with E-state index in [-0.39, 0.29) is 18.1 Å². The average Bonchev–Trinajstić information content (AvgIpc) is 2.66. The van der Waals surface area contributed by atoms with Crippen LogP contribution < -0.4 is 5.32 Å². The van der Waals surface area contributed by atoms with Crippen LogP contribution in [0.4, 0.5) is 0 Å². The van der Waals surface area contributed by atoms with Gasteiger partial charge in [-0.3, -0.25) is 9.69 Å². The molecular weight excluding hydrogens is 280 g/mol. The first kappa shape index (κ1) is 17.7. The molecule has 2 fully saturated rings. The maximum atomic E-state index is 12.0. The molecule has 0 radical (unpaired) electrons. The van der Waals surface area contributed by atoms with Crippen LogP contribution in [0.2, 0.25) is 0 Å². The molecule has 1 amide bonds. The molecule has 5 heteroatoms. The van der Waals surface area contributed by atoms with Gasteiger partial charge in [0.05, 0.1) is 32.0 Å². The van der Waals surface area contributed by atoms with E-state index in [1.54, 1.807) is 0 Å². The fourth-order valence-corrected chi connectivity index (χ4v) is 3.65. The lowest BCUT2D eigenvalue weighted by atomic mass is 9.99. The molecular formula is C17H32N2O3. The topological polar surface area (TPSA) is 50.8 Å². The molecule has 2 heterocycles. The number of hydrogen-bond acceptors (Lipinski definition) is 4. The van der Waals surface area contributed by atoms with Crippen molar-refractivity contribution in [2.45, 2.75) is 83.7 Å². The number of rotatable bonds is 8. The van der Waals surface area contributed by atoms with E-state index in [2.05, 4.69) is 10.2 Å². The molecule has 2 rings (SSSR count). The predicted molar refractivity (Wildman–Crippen MR) is 86.9 cm³/mol. The quantitative estimate of drug-likeness (QED) is 0.696. The van der Waals surface area contributed by atoms with E-state index in [1.807, 2.05) is 27.7 Å². The third-order valence-electron chi connectivity index (χ3n) is 4.50. The number of nitrogens with zero attached hydrogens (tertiary/aromatic N) is 1. The Morgan fingerprint density at radius 3 is 2.32 bits per heavy atom. The Morgan fingerprint density at radius 2 is 1.77 bits per heavy atom. The maximum Gasteiger partial charge on any atom is 0.234 e. The van der Waals surface area contributed by atoms with Gasteiger partial charge < -0.3 is 14.8 Å². The zero-order valence-corrected chi connectivity index (χ0v) is 14.5. The van der Waals surface area contributed by atoms with Gasteiger partial charge in [0.2, 0.25) is 5.91 Å². The number of carbonyl (C=O) groups is 1. The first-order valence-electron chi connectivity index (χ1n) is 8.74. The van der Waals surface area contributed by atoms with Crippen molar-refractivity contribution in [1.29, 1.82) is 0 Å². The fraction of sp³-hybridized carbons (Fsp3) is 0.941. The zero-order valence-electron chi connectivity index (χ0n) is 14.5. The molecule has 0 spiro atoms. The highest BCUT2D eigenvalue weighted by Gasteiger charge is 2.41. The smallest absolute Gasteiger partial charge is 0.234 e. The van der Waals surface area contributed by atoms with Gasteiger partial charge in [0, 0.05) is 18.1 Å². The lowest BCUT2D eigenvalue weighted by Gasteiger charge is -2.38. The van der Waals surface area contributed by atoms with Crippen molar-refractivity contribution < 1.29 is 14.3 Å². The Hall–Kier alpha value is -0.650. The van der Waals surface area contributed by atoms with Crippen LogP contribution in [0.5, 0.6) is 0 Å². The molecule has 22 heavy (non-hydrogen) atoms. The Balaban J connectivity index is 1.73. The van der Waals surface area contributed by atoms with Crippen molar-refractivity contribution in [2.75, 3.05) is 19.8 Å². The standard InChI is InChI=1S/C17H32N2O3/c1-12(2)18-17(20)11-19-14-5-6-15(19)10-16(9-14)22-8-7-21-13(3)4/h12-16H,5-11H2,1-4H3,(H,18,20)/t14-,15+,16+. The van der Waals surface area contributed by atoms with E-state index < -0.39 is 0 Å². The second-order valence-corrected chi connectivity index (χ2v) is 7.16. The molecule has 2 aliphatic rings. The SMILES string of the molecule is CC(C)NC(=O)CN1[C@@H]2CC[C@H]1C[C@@H](OCCOC(C)C)C2. The third-order valence-corrected chi connectivity index (χ3v) is 4.50. The van der Waals surface area contributed by atoms with Gasteiger partial charge in [-0.2, -0.15) is 0 Å². The van der Waals surface area contributed by atoms with E-state index in [4.69, 9.17) is 9.47 Å². The van der Waals surface area contributed by atoms with E-state index in [0.29, 0.717) is 37.9 Å². The van der Waals surface area contributed by atoms with Gasteiger partial charge >= 0.3 is 0 Å². The fourth-order valence-electron chi connectivity index (χ4n) is 3.65. The van der Waals surface area contributed by atoms with E-state index in [0.717, 1.165) is 12.8 Å². The van der Waals surface area contributed by atoms with E-state index >= 15 is 0 Å². The highest BCUT2D eigenvalue weighted by atomic mass is 16.5. The van der Waals surface area contributed by atoms with Gasteiger partial charge in [-0.25, -0.2) is 0 Å². The molecule has 2 bridgehead atoms. The van der Waals surface area contributed by atoms with Crippen molar-refractivity contribution in [1.82, 2.24) is 10.2 Å². The summed E-state index contributed by atoms with van der Waals surface area (Å²) in [6, 6.07) is 1.23. The lowest BCUT2D eigenvalue weighted by Crippen LogP contribution is -2.50. The molecule has 2 saturated heterocycles. The second-order valence-electron chi connectivity index (χ2n) is 7.16. The van der Waals surface area contributed by atoms with Crippen LogP contribution in [-0.4, -0.2) is 60.9 Å². The highest BCUT2D eigenvalue weighted by Crippen LogP contribution is 2.36. The number of amides is 1. The number of piperidine rings is 1. The molecule has 1 N–H and O–H groups in total. The molecule has 0 unspecified atom stereocenters. The van der Waals surface area contributed by atoms with Crippen LogP contribution in [-0.2, 0) is 14.3 Å². The molecule has 0 aromatic heterocycles. The summed E-state index contributed by atoms with van der Waals surface area (Å²) in [5.41, 5.74) is 0. The zero-order chi connectivity index (χ0) is 16.1. The summed E-state index contributed by atoms with van der Waals surface area (Å²) in [4.78, 5) is 14.4. The summed E-state index contributed by atoms with van der Waals surface area (Å²) in [5, 5.41) is 2.99. The Bertz CT molecular complexity index is 346. The number of hydrogen-bond donors (Lipinski definition) is 1. The predicted octanol–water partition coefficient (Wildman–Crippen LogP) is 1.95. The van der Waals surface area contributed by atoms with E-state index in [9.17, 15) is 4.79 Å². The highest BCUT2D eigenvalue weighted by molar-refractivity contribution is 5.78. The summed E-state index contributed by atoms with van der Waals surface area (Å²) >= 11 is 0. The Kier molecular flexibility index (Phi) is 6.66. The van der Waals surface area contributed by atoms with Crippen molar-refractivity contribution in [3.8, 4) is 0 Å². The third kappa shape index (κ3) is 5.21. The summed E-state index contributed by atoms with van der Waals surface area (Å²) in [6.07, 6.45) is 5.09. The molecule has 0 saturated carbocycles. The van der Waals surface area contributed by atoms with Crippen LogP contribution in [0.25, 0.3) is 0 Å². The number of nitrogens with one attached hydrogen (secondary N) is 1. The van der Waals surface area contributed by atoms with Crippen molar-refractivity contribution in [3.05, 3.63) is 0 Å². The molecule has 0 aromatic rings. The lowest BCUT2D eigenvalue weighted by molar-refractivity contribution is -0.125. The molecule has 2 aliphatic heterocycles. The first-order chi connectivity index (χ1) is 10.5. The first-order valence-corrected chi connectivity index (χ1v) is 8.74. The van der Waals surface area contributed by atoms with Crippen LogP contribution >= 0.6 is 0 Å². The van der Waals surface area contributed by atoms with Gasteiger partial charge in [0.15, 0.2) is 0 Å². The number of fused-ring (bicyclic) bond motifs is 2. The molecule has 0 aromatic carbocycles. The normalized spacial score (nSPS) is 28.5. The van der Waals surface area contributed by atoms with Gasteiger partial charge in [0.1, 0.15) is 0 Å². The Morgan fingerprint density at radius 1 is 1.14 bits per heavy atom. The second kappa shape index (κ2) is 8.27. The van der Waals surface area contributed by atoms with Crippen molar-refractivity contribution in [2.24, 2.45) is 0 Å². The summed E-state index contributed by atoms with van der Waals surface area (Å²) in [6.45, 7) is 9.98. The molecule has 128 valence electrons. The van der Waals surface area contributed by atoms with Crippen LogP contribution in [0, 0.1) is 0 Å². The number of ether oxygens (including phenoxy) is 2. The number of carbonyl (C=O) groups excluding carboxylic acids is 1. The maximum absolute atomic E-state index is 12.0. The van der Waals surface area contributed by atoms with Gasteiger partial charge in [-0.05, 0) is 53.4 Å². The summed E-state index contributed by atoms with van der Waals surface area (Å²) in [7, 11) is 0. The Labute approximate surface area is 134 Å². The van der Waals surface area contributed by atoms with E-state index in [1.165, 1.54) is 12.8 Å². The minimum Gasteiger partial charge on any atom is -0.376 e. The molecule has 3 atom stereocenters. The van der Waals surface area contributed by atoms with Crippen molar-refractivity contribution in [3.63, 3.8) is 0 Å². The molecule has 5 nitrogen and oxygen atoms in total. The van der Waals surface area contributed by atoms with Gasteiger partial charge in [0.25, 0.3) is 0 Å². The minimum atomic E-state index is 0.150. The van der Waals surface area contributed by atoms with Crippen molar-refractivity contribution >= 4 is 5.91 Å². The van der Waals surface area contributed by atoms with Gasteiger partial charge in [-0.1, -0.05) is 0 Å². The summed E-state index contributed by atoms with van der Waals surface area (Å²) < 4.78 is 11.5. The molecule has 0 aliphatic carbocycles. The summed E-state index contributed by atoms with van der Waals surface area (Å²) in [5.74, 6) is 0.150. The van der Waals surface area contributed by atoms with Crippen LogP contribution in [0.3, 0.4) is 0 Å².